The lowest BCUT2D eigenvalue weighted by Gasteiger charge is -2.24. The third-order valence-corrected chi connectivity index (χ3v) is 6.22. The van der Waals surface area contributed by atoms with Crippen molar-refractivity contribution in [2.75, 3.05) is 10.2 Å². The molecule has 0 aliphatic carbocycles. The van der Waals surface area contributed by atoms with Gasteiger partial charge in [-0.25, -0.2) is 5.01 Å². The van der Waals surface area contributed by atoms with E-state index in [0.29, 0.717) is 22.0 Å². The van der Waals surface area contributed by atoms with Gasteiger partial charge in [-0.1, -0.05) is 45.7 Å². The second kappa shape index (κ2) is 10.3. The van der Waals surface area contributed by atoms with Gasteiger partial charge in [0.25, 0.3) is 11.8 Å². The maximum Gasteiger partial charge on any atom is 0.269 e. The van der Waals surface area contributed by atoms with Crippen LogP contribution in [0.5, 0.6) is 0 Å². The van der Waals surface area contributed by atoms with E-state index in [-0.39, 0.29) is 11.5 Å². The third-order valence-electron chi connectivity index (χ3n) is 5.06. The highest BCUT2D eigenvalue weighted by Crippen LogP contribution is 2.26. The third kappa shape index (κ3) is 5.27. The van der Waals surface area contributed by atoms with Gasteiger partial charge >= 0.3 is 0 Å². The number of anilines is 2. The number of benzene rings is 3. The van der Waals surface area contributed by atoms with Crippen LogP contribution in [-0.4, -0.2) is 33.9 Å². The molecule has 1 unspecified atom stereocenters. The quantitative estimate of drug-likeness (QED) is 0.427. The number of nitrogens with zero attached hydrogens (tertiary/aromatic N) is 2. The summed E-state index contributed by atoms with van der Waals surface area (Å²) in [6.45, 7) is 0. The molecule has 2 N–H and O–H groups in total. The molecule has 1 fully saturated rings. The largest absolute Gasteiger partial charge is 0.326 e. The highest BCUT2D eigenvalue weighted by molar-refractivity contribution is 9.10. The van der Waals surface area contributed by atoms with Gasteiger partial charge in [-0.3, -0.25) is 24.7 Å². The Bertz CT molecular complexity index is 1240. The summed E-state index contributed by atoms with van der Waals surface area (Å²) >= 11 is 14.8. The van der Waals surface area contributed by atoms with Crippen molar-refractivity contribution in [1.29, 1.82) is 0 Å². The average Bonchev–Trinajstić information content (AvgIpc) is 3.05. The zero-order valence-electron chi connectivity index (χ0n) is 17.6. The van der Waals surface area contributed by atoms with Gasteiger partial charge in [-0.05, 0) is 72.9 Å². The number of carbonyl (C=O) groups excluding carboxylic acids is 3. The lowest BCUT2D eigenvalue weighted by atomic mass is 10.1. The van der Waals surface area contributed by atoms with Crippen molar-refractivity contribution in [2.45, 2.75) is 12.5 Å². The Morgan fingerprint density at radius 3 is 2.26 bits per heavy atom. The Labute approximate surface area is 214 Å². The van der Waals surface area contributed by atoms with Gasteiger partial charge < -0.3 is 5.32 Å². The maximum absolute atomic E-state index is 13.4. The molecule has 1 atom stereocenters. The van der Waals surface area contributed by atoms with Gasteiger partial charge in [0.2, 0.25) is 11.0 Å². The summed E-state index contributed by atoms with van der Waals surface area (Å²) in [7, 11) is 0. The number of rotatable bonds is 6. The summed E-state index contributed by atoms with van der Waals surface area (Å²) in [6, 6.07) is 21.1. The summed E-state index contributed by atoms with van der Waals surface area (Å²) in [5, 5.41) is 4.63. The highest BCUT2D eigenvalue weighted by atomic mass is 79.9. The minimum absolute atomic E-state index is 0.0750. The summed E-state index contributed by atoms with van der Waals surface area (Å²) < 4.78 is 0.822. The lowest BCUT2D eigenvalue weighted by Crippen LogP contribution is -2.49. The SMILES string of the molecule is O=C(CC1C(=O)N(c2ccccc2)C(=S)N1NC(=O)c1ccc(Br)cc1)Nc1ccc(Cl)cc1. The predicted octanol–water partition coefficient (Wildman–Crippen LogP) is 4.78. The van der Waals surface area contributed by atoms with E-state index in [0.717, 1.165) is 4.47 Å². The standard InChI is InChI=1S/C24H18BrClN4O3S/c25-16-8-6-15(7-9-16)22(32)28-30-20(14-21(31)27-18-12-10-17(26)11-13-18)23(33)29(24(30)34)19-4-2-1-3-5-19/h1-13,20H,14H2,(H,27,31)(H,28,32). The fraction of sp³-hybridized carbons (Fsp3) is 0.0833. The topological polar surface area (TPSA) is 81.8 Å². The van der Waals surface area contributed by atoms with Crippen molar-refractivity contribution in [1.82, 2.24) is 10.4 Å². The fourth-order valence-electron chi connectivity index (χ4n) is 3.41. The Hall–Kier alpha value is -3.27. The number of hydrogen-bond donors (Lipinski definition) is 2. The lowest BCUT2D eigenvalue weighted by molar-refractivity contribution is -0.124. The number of nitrogens with one attached hydrogen (secondary N) is 2. The van der Waals surface area contributed by atoms with Crippen LogP contribution in [0.1, 0.15) is 16.8 Å². The molecule has 3 aromatic rings. The zero-order valence-corrected chi connectivity index (χ0v) is 20.7. The molecule has 0 bridgehead atoms. The summed E-state index contributed by atoms with van der Waals surface area (Å²) in [5.41, 5.74) is 4.15. The molecule has 0 aromatic heterocycles. The Morgan fingerprint density at radius 2 is 1.62 bits per heavy atom. The second-order valence-electron chi connectivity index (χ2n) is 7.38. The van der Waals surface area contributed by atoms with E-state index < -0.39 is 23.8 Å². The molecule has 172 valence electrons. The van der Waals surface area contributed by atoms with Crippen molar-refractivity contribution >= 4 is 74.0 Å². The molecule has 34 heavy (non-hydrogen) atoms. The highest BCUT2D eigenvalue weighted by Gasteiger charge is 2.45. The average molecular weight is 558 g/mol. The Morgan fingerprint density at radius 1 is 0.971 bits per heavy atom. The molecular formula is C24H18BrClN4O3S. The monoisotopic (exact) mass is 556 g/mol. The van der Waals surface area contributed by atoms with Crippen LogP contribution in [0.2, 0.25) is 5.02 Å². The summed E-state index contributed by atoms with van der Waals surface area (Å²) in [4.78, 5) is 40.4. The second-order valence-corrected chi connectivity index (χ2v) is 9.10. The van der Waals surface area contributed by atoms with Crippen LogP contribution in [0, 0.1) is 0 Å². The first-order valence-electron chi connectivity index (χ1n) is 10.2. The van der Waals surface area contributed by atoms with Gasteiger partial charge in [0.15, 0.2) is 0 Å². The molecule has 1 aliphatic heterocycles. The van der Waals surface area contributed by atoms with Crippen LogP contribution >= 0.6 is 39.7 Å². The minimum atomic E-state index is -1.03. The summed E-state index contributed by atoms with van der Waals surface area (Å²) in [6.07, 6.45) is -0.231. The molecule has 3 amide bonds. The van der Waals surface area contributed by atoms with Crippen molar-refractivity contribution in [3.8, 4) is 0 Å². The van der Waals surface area contributed by atoms with Gasteiger partial charge in [0.05, 0.1) is 12.1 Å². The minimum Gasteiger partial charge on any atom is -0.326 e. The van der Waals surface area contributed by atoms with Crippen LogP contribution in [0.4, 0.5) is 11.4 Å². The Balaban J connectivity index is 1.58. The van der Waals surface area contributed by atoms with Gasteiger partial charge in [0.1, 0.15) is 6.04 Å². The number of halogens is 2. The van der Waals surface area contributed by atoms with Crippen LogP contribution in [0.15, 0.2) is 83.3 Å². The van der Waals surface area contributed by atoms with E-state index in [9.17, 15) is 14.4 Å². The normalized spacial score (nSPS) is 15.4. The molecule has 10 heteroatoms. The van der Waals surface area contributed by atoms with Crippen molar-refractivity contribution < 1.29 is 14.4 Å². The number of carbonyl (C=O) groups is 3. The van der Waals surface area contributed by atoms with E-state index in [4.69, 9.17) is 23.8 Å². The molecule has 4 rings (SSSR count). The number of amides is 3. The number of hydrazine groups is 1. The van der Waals surface area contributed by atoms with Gasteiger partial charge in [0, 0.05) is 20.7 Å². The van der Waals surface area contributed by atoms with E-state index >= 15 is 0 Å². The smallest absolute Gasteiger partial charge is 0.269 e. The van der Waals surface area contributed by atoms with Crippen LogP contribution < -0.4 is 15.6 Å². The van der Waals surface area contributed by atoms with E-state index in [1.165, 1.54) is 9.91 Å². The first-order valence-corrected chi connectivity index (χ1v) is 11.8. The van der Waals surface area contributed by atoms with Crippen molar-refractivity contribution in [3.05, 3.63) is 93.9 Å². The zero-order chi connectivity index (χ0) is 24.2. The number of para-hydroxylation sites is 1. The molecule has 0 spiro atoms. The van der Waals surface area contributed by atoms with Crippen LogP contribution in [0.3, 0.4) is 0 Å². The molecule has 7 nitrogen and oxygen atoms in total. The molecule has 3 aromatic carbocycles. The molecule has 1 aliphatic rings. The van der Waals surface area contributed by atoms with E-state index in [2.05, 4.69) is 26.7 Å². The summed E-state index contributed by atoms with van der Waals surface area (Å²) in [5.74, 6) is -1.29. The van der Waals surface area contributed by atoms with E-state index in [1.54, 1.807) is 72.8 Å². The first-order chi connectivity index (χ1) is 16.3. The predicted molar refractivity (Wildman–Crippen MR) is 138 cm³/mol. The Kier molecular flexibility index (Phi) is 7.26. The molecule has 0 radical (unpaired) electrons. The first kappa shape index (κ1) is 23.9. The van der Waals surface area contributed by atoms with Gasteiger partial charge in [-0.15, -0.1) is 0 Å². The van der Waals surface area contributed by atoms with Gasteiger partial charge in [-0.2, -0.15) is 0 Å². The molecule has 1 saturated heterocycles. The van der Waals surface area contributed by atoms with Crippen LogP contribution in [-0.2, 0) is 9.59 Å². The fourth-order valence-corrected chi connectivity index (χ4v) is 4.17. The van der Waals surface area contributed by atoms with Crippen LogP contribution in [0.25, 0.3) is 0 Å². The number of hydrogen-bond acceptors (Lipinski definition) is 4. The molecular weight excluding hydrogens is 540 g/mol. The maximum atomic E-state index is 13.4. The molecule has 0 saturated carbocycles. The van der Waals surface area contributed by atoms with Crippen molar-refractivity contribution in [2.24, 2.45) is 0 Å². The molecule has 1 heterocycles. The van der Waals surface area contributed by atoms with E-state index in [1.807, 2.05) is 6.07 Å². The van der Waals surface area contributed by atoms with Crippen molar-refractivity contribution in [3.63, 3.8) is 0 Å². The number of thiocarbonyl (C=S) groups is 1.